The molecule has 0 amide bonds. The predicted octanol–water partition coefficient (Wildman–Crippen LogP) is 4.03. The van der Waals surface area contributed by atoms with Crippen molar-refractivity contribution in [1.82, 2.24) is 4.57 Å². The van der Waals surface area contributed by atoms with E-state index in [1.807, 2.05) is 0 Å². The molecular formula is C25H16BNO. The third-order valence-corrected chi connectivity index (χ3v) is 6.39. The molecule has 2 aliphatic rings. The third-order valence-electron chi connectivity index (χ3n) is 6.39. The van der Waals surface area contributed by atoms with E-state index in [0.717, 1.165) is 11.5 Å². The Bertz CT molecular complexity index is 1460. The molecule has 3 heteroatoms. The standard InChI is InChI=1S/C25H16BNO/c1-15-7-4-11-19-23(15)16-8-5-10-18-25(16)27(19)20-12-6-14-22-24(20)26(18)17-9-2-3-13-21(17)28-22/h2-14H,1H3. The zero-order chi connectivity index (χ0) is 18.4. The number of aryl methyl sites for hydroxylation is 1. The van der Waals surface area contributed by atoms with Crippen molar-refractivity contribution in [2.75, 3.05) is 0 Å². The van der Waals surface area contributed by atoms with Crippen LogP contribution in [0.2, 0.25) is 0 Å². The van der Waals surface area contributed by atoms with Crippen molar-refractivity contribution in [2.45, 2.75) is 6.92 Å². The van der Waals surface area contributed by atoms with E-state index in [-0.39, 0.29) is 6.71 Å². The van der Waals surface area contributed by atoms with Gasteiger partial charge in [0.05, 0.1) is 5.52 Å². The Balaban J connectivity index is 1.76. The summed E-state index contributed by atoms with van der Waals surface area (Å²) < 4.78 is 8.78. The highest BCUT2D eigenvalue weighted by Gasteiger charge is 2.39. The Morgan fingerprint density at radius 3 is 2.50 bits per heavy atom. The van der Waals surface area contributed by atoms with Crippen molar-refractivity contribution in [2.24, 2.45) is 0 Å². The van der Waals surface area contributed by atoms with Crippen LogP contribution in [0.25, 0.3) is 27.5 Å². The molecule has 0 spiro atoms. The summed E-state index contributed by atoms with van der Waals surface area (Å²) in [4.78, 5) is 0. The van der Waals surface area contributed by atoms with E-state index < -0.39 is 0 Å². The summed E-state index contributed by atoms with van der Waals surface area (Å²) in [5.74, 6) is 1.94. The van der Waals surface area contributed by atoms with Crippen LogP contribution in [0.4, 0.5) is 0 Å². The van der Waals surface area contributed by atoms with Crippen molar-refractivity contribution in [3.05, 3.63) is 84.4 Å². The van der Waals surface area contributed by atoms with Crippen LogP contribution in [0.1, 0.15) is 5.56 Å². The molecule has 0 radical (unpaired) electrons. The van der Waals surface area contributed by atoms with Crippen molar-refractivity contribution in [3.63, 3.8) is 0 Å². The molecule has 0 bridgehead atoms. The second-order valence-electron chi connectivity index (χ2n) is 7.81. The van der Waals surface area contributed by atoms with Gasteiger partial charge >= 0.3 is 0 Å². The van der Waals surface area contributed by atoms with E-state index in [4.69, 9.17) is 4.74 Å². The molecule has 4 aromatic carbocycles. The predicted molar refractivity (Wildman–Crippen MR) is 117 cm³/mol. The topological polar surface area (TPSA) is 14.2 Å². The molecule has 0 fully saturated rings. The van der Waals surface area contributed by atoms with Gasteiger partial charge in [-0.3, -0.25) is 0 Å². The molecule has 0 N–H and O–H groups in total. The average Bonchev–Trinajstić information content (AvgIpc) is 3.07. The Hall–Kier alpha value is -3.46. The number of hydrogen-bond donors (Lipinski definition) is 0. The number of nitrogens with zero attached hydrogens (tertiary/aromatic N) is 1. The average molecular weight is 357 g/mol. The van der Waals surface area contributed by atoms with Gasteiger partial charge < -0.3 is 9.30 Å². The van der Waals surface area contributed by atoms with Crippen LogP contribution in [0.15, 0.2) is 78.9 Å². The molecule has 2 nitrogen and oxygen atoms in total. The lowest BCUT2D eigenvalue weighted by atomic mass is 9.34. The monoisotopic (exact) mass is 357 g/mol. The highest BCUT2D eigenvalue weighted by molar-refractivity contribution is 6.99. The maximum atomic E-state index is 6.33. The van der Waals surface area contributed by atoms with Gasteiger partial charge in [0.25, 0.3) is 6.71 Å². The van der Waals surface area contributed by atoms with Gasteiger partial charge in [0.1, 0.15) is 11.5 Å². The van der Waals surface area contributed by atoms with E-state index in [1.165, 1.54) is 49.4 Å². The Labute approximate surface area is 163 Å². The number of ether oxygens (including phenoxy) is 1. The Morgan fingerprint density at radius 2 is 1.54 bits per heavy atom. The summed E-state index contributed by atoms with van der Waals surface area (Å²) in [7, 11) is 0. The summed E-state index contributed by atoms with van der Waals surface area (Å²) in [5, 5.41) is 2.69. The SMILES string of the molecule is Cc1cccc2c1c1cccc3c1n2-c1cccc2c1B3c1ccccc1O2. The van der Waals surface area contributed by atoms with Crippen LogP contribution >= 0.6 is 0 Å². The second kappa shape index (κ2) is 4.88. The van der Waals surface area contributed by atoms with Gasteiger partial charge in [-0.1, -0.05) is 54.6 Å². The number of fused-ring (bicyclic) bond motifs is 7. The normalized spacial score (nSPS) is 13.4. The first-order valence-corrected chi connectivity index (χ1v) is 9.75. The summed E-state index contributed by atoms with van der Waals surface area (Å²) in [5.41, 5.74) is 9.06. The lowest BCUT2D eigenvalue weighted by Crippen LogP contribution is -2.58. The van der Waals surface area contributed by atoms with Crippen LogP contribution in [0, 0.1) is 6.92 Å². The van der Waals surface area contributed by atoms with Crippen LogP contribution in [0.3, 0.4) is 0 Å². The summed E-state index contributed by atoms with van der Waals surface area (Å²) in [6, 6.07) is 28.3. The van der Waals surface area contributed by atoms with Gasteiger partial charge in [-0.2, -0.15) is 0 Å². The second-order valence-corrected chi connectivity index (χ2v) is 7.81. The summed E-state index contributed by atoms with van der Waals surface area (Å²) in [6.07, 6.45) is 0. The van der Waals surface area contributed by atoms with Gasteiger partial charge in [0, 0.05) is 22.0 Å². The molecule has 28 heavy (non-hydrogen) atoms. The number of benzene rings is 4. The first-order chi connectivity index (χ1) is 13.8. The van der Waals surface area contributed by atoms with Crippen molar-refractivity contribution in [3.8, 4) is 17.2 Å². The summed E-state index contributed by atoms with van der Waals surface area (Å²) >= 11 is 0. The van der Waals surface area contributed by atoms with Gasteiger partial charge in [0.2, 0.25) is 0 Å². The first-order valence-electron chi connectivity index (χ1n) is 9.75. The third kappa shape index (κ3) is 1.57. The molecule has 0 aliphatic carbocycles. The summed E-state index contributed by atoms with van der Waals surface area (Å²) in [6.45, 7) is 2.42. The highest BCUT2D eigenvalue weighted by atomic mass is 16.5. The fraction of sp³-hybridized carbons (Fsp3) is 0.0400. The fourth-order valence-corrected chi connectivity index (χ4v) is 5.32. The van der Waals surface area contributed by atoms with Crippen LogP contribution in [-0.2, 0) is 0 Å². The Morgan fingerprint density at radius 1 is 0.750 bits per heavy atom. The highest BCUT2D eigenvalue weighted by Crippen LogP contribution is 2.37. The molecule has 1 aromatic heterocycles. The van der Waals surface area contributed by atoms with Crippen molar-refractivity contribution in [1.29, 1.82) is 0 Å². The van der Waals surface area contributed by atoms with Gasteiger partial charge in [0.15, 0.2) is 0 Å². The largest absolute Gasteiger partial charge is 0.458 e. The molecule has 0 atom stereocenters. The minimum absolute atomic E-state index is 0.206. The number of rotatable bonds is 0. The number of aromatic nitrogens is 1. The maximum Gasteiger partial charge on any atom is 0.256 e. The van der Waals surface area contributed by atoms with E-state index in [9.17, 15) is 0 Å². The van der Waals surface area contributed by atoms with E-state index >= 15 is 0 Å². The molecule has 0 unspecified atom stereocenters. The molecule has 3 heterocycles. The van der Waals surface area contributed by atoms with Crippen LogP contribution in [0.5, 0.6) is 11.5 Å². The lowest BCUT2D eigenvalue weighted by Gasteiger charge is -2.33. The number of para-hydroxylation sites is 2. The molecule has 2 aliphatic heterocycles. The zero-order valence-corrected chi connectivity index (χ0v) is 15.4. The maximum absolute atomic E-state index is 6.33. The van der Waals surface area contributed by atoms with E-state index in [0.29, 0.717) is 0 Å². The number of hydrogen-bond acceptors (Lipinski definition) is 1. The Kier molecular flexibility index (Phi) is 2.54. The van der Waals surface area contributed by atoms with E-state index in [1.54, 1.807) is 0 Å². The zero-order valence-electron chi connectivity index (χ0n) is 15.4. The molecule has 130 valence electrons. The minimum Gasteiger partial charge on any atom is -0.458 e. The molecule has 7 rings (SSSR count). The molecule has 0 saturated heterocycles. The fourth-order valence-electron chi connectivity index (χ4n) is 5.32. The van der Waals surface area contributed by atoms with E-state index in [2.05, 4.69) is 90.4 Å². The molecule has 0 saturated carbocycles. The quantitative estimate of drug-likeness (QED) is 0.374. The molecular weight excluding hydrogens is 341 g/mol. The van der Waals surface area contributed by atoms with Crippen LogP contribution in [-0.4, -0.2) is 11.3 Å². The van der Waals surface area contributed by atoms with Crippen molar-refractivity contribution >= 4 is 44.9 Å². The van der Waals surface area contributed by atoms with Crippen molar-refractivity contribution < 1.29 is 4.74 Å². The first kappa shape index (κ1) is 14.6. The smallest absolute Gasteiger partial charge is 0.256 e. The van der Waals surface area contributed by atoms with Gasteiger partial charge in [-0.05, 0) is 53.1 Å². The van der Waals surface area contributed by atoms with Gasteiger partial charge in [-0.15, -0.1) is 0 Å². The molecule has 5 aromatic rings. The van der Waals surface area contributed by atoms with Gasteiger partial charge in [-0.25, -0.2) is 0 Å². The lowest BCUT2D eigenvalue weighted by molar-refractivity contribution is 0.487. The minimum atomic E-state index is 0.206. The van der Waals surface area contributed by atoms with Crippen LogP contribution < -0.4 is 21.1 Å².